The van der Waals surface area contributed by atoms with E-state index in [9.17, 15) is 12.8 Å². The molecule has 0 fully saturated rings. The van der Waals surface area contributed by atoms with Crippen molar-refractivity contribution in [2.75, 3.05) is 7.11 Å². The number of ether oxygens (including phenoxy) is 1. The van der Waals surface area contributed by atoms with Crippen molar-refractivity contribution in [2.24, 2.45) is 0 Å². The molecule has 1 heterocycles. The van der Waals surface area contributed by atoms with Crippen LogP contribution in [0.1, 0.15) is 11.1 Å². The fraction of sp³-hybridized carbons (Fsp3) is 0.150. The van der Waals surface area contributed by atoms with Gasteiger partial charge in [-0.05, 0) is 42.0 Å². The molecule has 3 rings (SSSR count). The molecule has 0 bridgehead atoms. The first-order valence-corrected chi connectivity index (χ1v) is 9.93. The third-order valence-electron chi connectivity index (χ3n) is 4.04. The Hall–Kier alpha value is -2.77. The number of sulfonamides is 1. The van der Waals surface area contributed by atoms with E-state index in [2.05, 4.69) is 9.71 Å². The average molecular weight is 386 g/mol. The summed E-state index contributed by atoms with van der Waals surface area (Å²) < 4.78 is 46.1. The number of benzene rings is 2. The fourth-order valence-electron chi connectivity index (χ4n) is 2.65. The lowest BCUT2D eigenvalue weighted by Crippen LogP contribution is -2.25. The molecule has 5 nitrogen and oxygen atoms in total. The van der Waals surface area contributed by atoms with Gasteiger partial charge in [-0.2, -0.15) is 0 Å². The van der Waals surface area contributed by atoms with E-state index in [4.69, 9.17) is 4.74 Å². The Balaban J connectivity index is 1.77. The van der Waals surface area contributed by atoms with E-state index in [0.717, 1.165) is 16.9 Å². The van der Waals surface area contributed by atoms with E-state index in [1.807, 2.05) is 24.3 Å². The minimum atomic E-state index is -3.70. The second-order valence-electron chi connectivity index (χ2n) is 5.91. The SMILES string of the molecule is COc1ccc(-c2ncccc2CNS(=O)(=O)Cc2ccccc2F)cc1. The zero-order chi connectivity index (χ0) is 19.3. The van der Waals surface area contributed by atoms with Crippen LogP contribution in [0, 0.1) is 5.82 Å². The van der Waals surface area contributed by atoms with E-state index in [0.29, 0.717) is 5.69 Å². The highest BCUT2D eigenvalue weighted by Crippen LogP contribution is 2.24. The van der Waals surface area contributed by atoms with Gasteiger partial charge in [-0.1, -0.05) is 24.3 Å². The molecular weight excluding hydrogens is 367 g/mol. The molecule has 0 aliphatic rings. The van der Waals surface area contributed by atoms with Crippen molar-refractivity contribution in [3.63, 3.8) is 0 Å². The molecule has 0 radical (unpaired) electrons. The molecule has 140 valence electrons. The number of pyridine rings is 1. The van der Waals surface area contributed by atoms with Crippen LogP contribution < -0.4 is 9.46 Å². The summed E-state index contributed by atoms with van der Waals surface area (Å²) in [4.78, 5) is 4.37. The second kappa shape index (κ2) is 8.28. The molecule has 0 spiro atoms. The van der Waals surface area contributed by atoms with Gasteiger partial charge < -0.3 is 4.74 Å². The highest BCUT2D eigenvalue weighted by atomic mass is 32.2. The van der Waals surface area contributed by atoms with Gasteiger partial charge in [0.2, 0.25) is 10.0 Å². The largest absolute Gasteiger partial charge is 0.497 e. The Labute approximate surface area is 157 Å². The zero-order valence-electron chi connectivity index (χ0n) is 14.7. The Kier molecular flexibility index (Phi) is 5.83. The first-order valence-electron chi connectivity index (χ1n) is 8.27. The Morgan fingerprint density at radius 2 is 1.70 bits per heavy atom. The van der Waals surface area contributed by atoms with Crippen molar-refractivity contribution in [3.8, 4) is 17.0 Å². The zero-order valence-corrected chi connectivity index (χ0v) is 15.5. The normalized spacial score (nSPS) is 11.3. The molecule has 0 aliphatic heterocycles. The van der Waals surface area contributed by atoms with Crippen molar-refractivity contribution in [3.05, 3.63) is 83.8 Å². The van der Waals surface area contributed by atoms with Gasteiger partial charge in [-0.15, -0.1) is 0 Å². The van der Waals surface area contributed by atoms with Gasteiger partial charge in [-0.3, -0.25) is 4.98 Å². The summed E-state index contributed by atoms with van der Waals surface area (Å²) in [6.07, 6.45) is 1.65. The van der Waals surface area contributed by atoms with Gasteiger partial charge >= 0.3 is 0 Å². The van der Waals surface area contributed by atoms with Gasteiger partial charge in [0, 0.05) is 23.9 Å². The second-order valence-corrected chi connectivity index (χ2v) is 7.72. The van der Waals surface area contributed by atoms with Crippen LogP contribution in [0.15, 0.2) is 66.9 Å². The summed E-state index contributed by atoms with van der Waals surface area (Å²) in [6, 6.07) is 16.7. The number of hydrogen-bond acceptors (Lipinski definition) is 4. The molecule has 0 atom stereocenters. The molecule has 0 saturated heterocycles. The van der Waals surface area contributed by atoms with E-state index in [1.54, 1.807) is 31.5 Å². The molecule has 2 aromatic carbocycles. The van der Waals surface area contributed by atoms with Crippen LogP contribution in [0.25, 0.3) is 11.3 Å². The predicted octanol–water partition coefficient (Wildman–Crippen LogP) is 3.52. The Morgan fingerprint density at radius 3 is 2.41 bits per heavy atom. The van der Waals surface area contributed by atoms with Crippen molar-refractivity contribution in [1.82, 2.24) is 9.71 Å². The van der Waals surface area contributed by atoms with Crippen LogP contribution in [0.4, 0.5) is 4.39 Å². The average Bonchev–Trinajstić information content (AvgIpc) is 2.68. The number of aromatic nitrogens is 1. The van der Waals surface area contributed by atoms with Crippen LogP contribution in [0.5, 0.6) is 5.75 Å². The van der Waals surface area contributed by atoms with Crippen molar-refractivity contribution in [2.45, 2.75) is 12.3 Å². The van der Waals surface area contributed by atoms with Crippen LogP contribution in [-0.4, -0.2) is 20.5 Å². The van der Waals surface area contributed by atoms with E-state index in [-0.39, 0.29) is 12.1 Å². The maximum Gasteiger partial charge on any atom is 0.216 e. The number of rotatable bonds is 7. The van der Waals surface area contributed by atoms with Crippen LogP contribution in [0.3, 0.4) is 0 Å². The number of halogens is 1. The van der Waals surface area contributed by atoms with Crippen LogP contribution in [-0.2, 0) is 22.3 Å². The monoisotopic (exact) mass is 386 g/mol. The molecule has 1 N–H and O–H groups in total. The Bertz CT molecular complexity index is 1020. The summed E-state index contributed by atoms with van der Waals surface area (Å²) in [5.41, 5.74) is 2.37. The summed E-state index contributed by atoms with van der Waals surface area (Å²) in [7, 11) is -2.11. The van der Waals surface area contributed by atoms with Gasteiger partial charge in [-0.25, -0.2) is 17.5 Å². The van der Waals surface area contributed by atoms with Crippen molar-refractivity contribution >= 4 is 10.0 Å². The van der Waals surface area contributed by atoms with Gasteiger partial charge in [0.15, 0.2) is 0 Å². The highest BCUT2D eigenvalue weighted by Gasteiger charge is 2.15. The van der Waals surface area contributed by atoms with E-state index in [1.165, 1.54) is 18.2 Å². The quantitative estimate of drug-likeness (QED) is 0.675. The van der Waals surface area contributed by atoms with Gasteiger partial charge in [0.1, 0.15) is 11.6 Å². The number of nitrogens with zero attached hydrogens (tertiary/aromatic N) is 1. The summed E-state index contributed by atoms with van der Waals surface area (Å²) in [6.45, 7) is 0.0615. The van der Waals surface area contributed by atoms with Crippen molar-refractivity contribution < 1.29 is 17.5 Å². The van der Waals surface area contributed by atoms with Gasteiger partial charge in [0.25, 0.3) is 0 Å². The molecular formula is C20H19FN2O3S. The molecule has 3 aromatic rings. The minimum Gasteiger partial charge on any atom is -0.497 e. The molecule has 0 amide bonds. The summed E-state index contributed by atoms with van der Waals surface area (Å²) >= 11 is 0. The van der Waals surface area contributed by atoms with Gasteiger partial charge in [0.05, 0.1) is 18.6 Å². The summed E-state index contributed by atoms with van der Waals surface area (Å²) in [5.74, 6) is -0.234. The van der Waals surface area contributed by atoms with E-state index < -0.39 is 21.6 Å². The number of nitrogens with one attached hydrogen (secondary N) is 1. The first-order chi connectivity index (χ1) is 13.0. The maximum atomic E-state index is 13.7. The van der Waals surface area contributed by atoms with Crippen molar-refractivity contribution in [1.29, 1.82) is 0 Å². The smallest absolute Gasteiger partial charge is 0.216 e. The Morgan fingerprint density at radius 1 is 1.00 bits per heavy atom. The third-order valence-corrected chi connectivity index (χ3v) is 5.32. The predicted molar refractivity (Wildman–Crippen MR) is 102 cm³/mol. The molecule has 7 heteroatoms. The fourth-order valence-corrected chi connectivity index (χ4v) is 3.77. The van der Waals surface area contributed by atoms with Crippen LogP contribution >= 0.6 is 0 Å². The lowest BCUT2D eigenvalue weighted by atomic mass is 10.1. The number of hydrogen-bond donors (Lipinski definition) is 1. The lowest BCUT2D eigenvalue weighted by Gasteiger charge is -2.11. The number of methoxy groups -OCH3 is 1. The standard InChI is InChI=1S/C20H19FN2O3S/c1-26-18-10-8-15(9-11-18)20-16(6-4-12-22-20)13-23-27(24,25)14-17-5-2-3-7-19(17)21/h2-12,23H,13-14H2,1H3. The molecule has 0 saturated carbocycles. The maximum absolute atomic E-state index is 13.7. The third kappa shape index (κ3) is 4.90. The molecule has 0 unspecified atom stereocenters. The molecule has 1 aromatic heterocycles. The minimum absolute atomic E-state index is 0.0615. The van der Waals surface area contributed by atoms with Crippen LogP contribution in [0.2, 0.25) is 0 Å². The topological polar surface area (TPSA) is 68.3 Å². The molecule has 27 heavy (non-hydrogen) atoms. The summed E-state index contributed by atoms with van der Waals surface area (Å²) in [5, 5.41) is 0. The highest BCUT2D eigenvalue weighted by molar-refractivity contribution is 7.88. The first kappa shape index (κ1) is 19.0. The van der Waals surface area contributed by atoms with E-state index >= 15 is 0 Å². The lowest BCUT2D eigenvalue weighted by molar-refractivity contribution is 0.415. The molecule has 0 aliphatic carbocycles.